The summed E-state index contributed by atoms with van der Waals surface area (Å²) in [5.74, 6) is 0. The van der Waals surface area contributed by atoms with Gasteiger partial charge in [-0.3, -0.25) is 0 Å². The Labute approximate surface area is 114 Å². The maximum Gasteiger partial charge on any atom is 0.0979 e. The van der Waals surface area contributed by atoms with Crippen molar-refractivity contribution < 1.29 is 0 Å². The summed E-state index contributed by atoms with van der Waals surface area (Å²) < 4.78 is 1.09. The van der Waals surface area contributed by atoms with E-state index in [1.807, 2.05) is 0 Å². The number of aryl methyl sites for hydroxylation is 1. The van der Waals surface area contributed by atoms with E-state index >= 15 is 0 Å². The summed E-state index contributed by atoms with van der Waals surface area (Å²) in [6.07, 6.45) is 1.91. The minimum absolute atomic E-state index is 0.647. The summed E-state index contributed by atoms with van der Waals surface area (Å²) >= 11 is 5.24. The third-order valence-electron chi connectivity index (χ3n) is 2.62. The number of thiazole rings is 1. The lowest BCUT2D eigenvalue weighted by atomic mass is 10.1. The van der Waals surface area contributed by atoms with E-state index in [1.54, 1.807) is 11.3 Å². The summed E-state index contributed by atoms with van der Waals surface area (Å²) in [6, 6.07) is 8.57. The van der Waals surface area contributed by atoms with Crippen LogP contribution >= 0.6 is 27.3 Å². The molecule has 1 aromatic heterocycles. The monoisotopic (exact) mass is 310 g/mol. The summed E-state index contributed by atoms with van der Waals surface area (Å²) in [4.78, 5) is 4.62. The zero-order chi connectivity index (χ0) is 12.3. The van der Waals surface area contributed by atoms with Crippen LogP contribution in [0.4, 0.5) is 0 Å². The van der Waals surface area contributed by atoms with E-state index in [0.29, 0.717) is 6.54 Å². The summed E-state index contributed by atoms with van der Waals surface area (Å²) in [6.45, 7) is 2.81. The Morgan fingerprint density at radius 1 is 1.29 bits per heavy atom. The standard InChI is InChI=1S/C13H15BrN2S/c1-2-9-3-5-10(6-4-9)12-13(14)17-11(16-12)7-8-15/h3-6H,2,7-8,15H2,1H3. The highest BCUT2D eigenvalue weighted by Crippen LogP contribution is 2.33. The third kappa shape index (κ3) is 2.94. The second kappa shape index (κ2) is 5.76. The Balaban J connectivity index is 2.31. The number of hydrogen-bond acceptors (Lipinski definition) is 3. The topological polar surface area (TPSA) is 38.9 Å². The fourth-order valence-electron chi connectivity index (χ4n) is 1.65. The van der Waals surface area contributed by atoms with Crippen LogP contribution in [0.25, 0.3) is 11.3 Å². The smallest absolute Gasteiger partial charge is 0.0979 e. The second-order valence-corrected chi connectivity index (χ2v) is 6.22. The van der Waals surface area contributed by atoms with Gasteiger partial charge in [-0.2, -0.15) is 0 Å². The fraction of sp³-hybridized carbons (Fsp3) is 0.308. The zero-order valence-corrected chi connectivity index (χ0v) is 12.1. The number of nitrogens with two attached hydrogens (primary N) is 1. The van der Waals surface area contributed by atoms with Gasteiger partial charge in [0.15, 0.2) is 0 Å². The van der Waals surface area contributed by atoms with Crippen molar-refractivity contribution >= 4 is 27.3 Å². The maximum absolute atomic E-state index is 5.55. The number of rotatable bonds is 4. The van der Waals surface area contributed by atoms with E-state index in [-0.39, 0.29) is 0 Å². The first-order chi connectivity index (χ1) is 8.24. The van der Waals surface area contributed by atoms with Gasteiger partial charge in [0.05, 0.1) is 14.5 Å². The van der Waals surface area contributed by atoms with Gasteiger partial charge in [-0.25, -0.2) is 4.98 Å². The Kier molecular flexibility index (Phi) is 4.31. The summed E-state index contributed by atoms with van der Waals surface area (Å²) in [5, 5.41) is 1.09. The molecule has 2 rings (SSSR count). The van der Waals surface area contributed by atoms with Crippen molar-refractivity contribution in [3.63, 3.8) is 0 Å². The SMILES string of the molecule is CCc1ccc(-c2nc(CCN)sc2Br)cc1. The molecule has 0 unspecified atom stereocenters. The molecule has 0 fully saturated rings. The minimum atomic E-state index is 0.647. The van der Waals surface area contributed by atoms with E-state index in [1.165, 1.54) is 5.56 Å². The second-order valence-electron chi connectivity index (χ2n) is 3.82. The lowest BCUT2D eigenvalue weighted by Crippen LogP contribution is -2.01. The normalized spacial score (nSPS) is 10.8. The van der Waals surface area contributed by atoms with Gasteiger partial charge >= 0.3 is 0 Å². The molecule has 2 N–H and O–H groups in total. The first-order valence-corrected chi connectivity index (χ1v) is 7.30. The van der Waals surface area contributed by atoms with Crippen LogP contribution in [-0.2, 0) is 12.8 Å². The summed E-state index contributed by atoms with van der Waals surface area (Å²) in [7, 11) is 0. The first-order valence-electron chi connectivity index (χ1n) is 5.69. The number of nitrogens with zero attached hydrogens (tertiary/aromatic N) is 1. The Morgan fingerprint density at radius 3 is 2.59 bits per heavy atom. The minimum Gasteiger partial charge on any atom is -0.330 e. The number of benzene rings is 1. The Hall–Kier alpha value is -0.710. The lowest BCUT2D eigenvalue weighted by molar-refractivity contribution is 0.954. The van der Waals surface area contributed by atoms with Crippen LogP contribution in [-0.4, -0.2) is 11.5 Å². The number of hydrogen-bond donors (Lipinski definition) is 1. The molecule has 0 radical (unpaired) electrons. The number of halogens is 1. The lowest BCUT2D eigenvalue weighted by Gasteiger charge is -2.00. The highest BCUT2D eigenvalue weighted by Gasteiger charge is 2.10. The van der Waals surface area contributed by atoms with E-state index in [0.717, 1.165) is 32.9 Å². The van der Waals surface area contributed by atoms with Crippen LogP contribution in [0.15, 0.2) is 28.1 Å². The molecular weight excluding hydrogens is 296 g/mol. The predicted octanol–water partition coefficient (Wildman–Crippen LogP) is 3.64. The molecule has 2 nitrogen and oxygen atoms in total. The molecule has 1 aromatic carbocycles. The molecule has 0 amide bonds. The van der Waals surface area contributed by atoms with Gasteiger partial charge < -0.3 is 5.73 Å². The van der Waals surface area contributed by atoms with Gasteiger partial charge in [0.25, 0.3) is 0 Å². The zero-order valence-electron chi connectivity index (χ0n) is 9.74. The van der Waals surface area contributed by atoms with E-state index in [2.05, 4.69) is 52.1 Å². The van der Waals surface area contributed by atoms with Gasteiger partial charge in [0, 0.05) is 12.0 Å². The highest BCUT2D eigenvalue weighted by molar-refractivity contribution is 9.11. The van der Waals surface area contributed by atoms with Gasteiger partial charge in [-0.15, -0.1) is 11.3 Å². The van der Waals surface area contributed by atoms with Gasteiger partial charge in [0.2, 0.25) is 0 Å². The molecule has 17 heavy (non-hydrogen) atoms. The largest absolute Gasteiger partial charge is 0.330 e. The predicted molar refractivity (Wildman–Crippen MR) is 77.4 cm³/mol. The van der Waals surface area contributed by atoms with Crippen LogP contribution in [0, 0.1) is 0 Å². The van der Waals surface area contributed by atoms with Crippen LogP contribution in [0.3, 0.4) is 0 Å². The van der Waals surface area contributed by atoms with Crippen LogP contribution in [0.1, 0.15) is 17.5 Å². The Bertz CT molecular complexity index is 491. The van der Waals surface area contributed by atoms with Crippen LogP contribution < -0.4 is 5.73 Å². The highest BCUT2D eigenvalue weighted by atomic mass is 79.9. The molecule has 0 saturated heterocycles. The van der Waals surface area contributed by atoms with E-state index in [4.69, 9.17) is 5.73 Å². The van der Waals surface area contributed by atoms with Crippen LogP contribution in [0.5, 0.6) is 0 Å². The van der Waals surface area contributed by atoms with Crippen molar-refractivity contribution in [3.05, 3.63) is 38.6 Å². The average molecular weight is 311 g/mol. The molecule has 1 heterocycles. The maximum atomic E-state index is 5.55. The molecule has 0 spiro atoms. The Morgan fingerprint density at radius 2 is 2.00 bits per heavy atom. The first kappa shape index (κ1) is 12.7. The van der Waals surface area contributed by atoms with Crippen LogP contribution in [0.2, 0.25) is 0 Å². The van der Waals surface area contributed by atoms with Crippen molar-refractivity contribution in [2.75, 3.05) is 6.54 Å². The third-order valence-corrected chi connectivity index (χ3v) is 4.39. The van der Waals surface area contributed by atoms with Gasteiger partial charge in [0.1, 0.15) is 0 Å². The molecule has 0 saturated carbocycles. The van der Waals surface area contributed by atoms with Crippen molar-refractivity contribution in [1.29, 1.82) is 0 Å². The number of aromatic nitrogens is 1. The molecular formula is C13H15BrN2S. The molecule has 4 heteroatoms. The molecule has 0 atom stereocenters. The fourth-order valence-corrected chi connectivity index (χ4v) is 3.35. The van der Waals surface area contributed by atoms with E-state index in [9.17, 15) is 0 Å². The molecule has 0 bridgehead atoms. The van der Waals surface area contributed by atoms with Crippen molar-refractivity contribution in [3.8, 4) is 11.3 Å². The molecule has 2 aromatic rings. The van der Waals surface area contributed by atoms with Crippen molar-refractivity contribution in [2.45, 2.75) is 19.8 Å². The molecule has 0 aliphatic rings. The average Bonchev–Trinajstić information content (AvgIpc) is 2.71. The van der Waals surface area contributed by atoms with Crippen molar-refractivity contribution in [2.24, 2.45) is 5.73 Å². The van der Waals surface area contributed by atoms with Crippen molar-refractivity contribution in [1.82, 2.24) is 4.98 Å². The van der Waals surface area contributed by atoms with Gasteiger partial charge in [-0.05, 0) is 34.5 Å². The summed E-state index contributed by atoms with van der Waals surface area (Å²) in [5.41, 5.74) is 9.09. The van der Waals surface area contributed by atoms with E-state index < -0.39 is 0 Å². The molecule has 0 aliphatic heterocycles. The molecule has 0 aliphatic carbocycles. The quantitative estimate of drug-likeness (QED) is 0.936. The molecule has 90 valence electrons. The van der Waals surface area contributed by atoms with Gasteiger partial charge in [-0.1, -0.05) is 31.2 Å².